The first-order valence-electron chi connectivity index (χ1n) is 5.68. The van der Waals surface area contributed by atoms with E-state index in [0.717, 1.165) is 0 Å². The normalized spacial score (nSPS) is 11.9. The van der Waals surface area contributed by atoms with E-state index >= 15 is 0 Å². The van der Waals surface area contributed by atoms with E-state index in [9.17, 15) is 9.90 Å². The van der Waals surface area contributed by atoms with Crippen molar-refractivity contribution in [2.75, 3.05) is 0 Å². The Kier molecular flexibility index (Phi) is 3.04. The Hall–Kier alpha value is -2.53. The van der Waals surface area contributed by atoms with Gasteiger partial charge in [0.1, 0.15) is 5.52 Å². The monoisotopic (exact) mass is 289 g/mol. The number of furan rings is 1. The fraction of sp³-hybridized carbons (Fsp3) is 0. The zero-order valence-corrected chi connectivity index (χ0v) is 10.8. The average molecular weight is 290 g/mol. The summed E-state index contributed by atoms with van der Waals surface area (Å²) in [6.45, 7) is 0. The molecule has 0 atom stereocenters. The van der Waals surface area contributed by atoms with Crippen LogP contribution in [0.3, 0.4) is 0 Å². The van der Waals surface area contributed by atoms with Crippen molar-refractivity contribution in [3.05, 3.63) is 63.5 Å². The molecule has 0 aliphatic heterocycles. The number of nitrogens with zero attached hydrogens (tertiary/aromatic N) is 1. The highest BCUT2D eigenvalue weighted by Crippen LogP contribution is 2.18. The van der Waals surface area contributed by atoms with Crippen LogP contribution in [0.25, 0.3) is 22.9 Å². The second kappa shape index (κ2) is 4.86. The summed E-state index contributed by atoms with van der Waals surface area (Å²) in [5.74, 6) is 0.0218. The van der Waals surface area contributed by atoms with Crippen LogP contribution in [0, 0.1) is 0 Å². The Morgan fingerprint density at radius 2 is 2.20 bits per heavy atom. The Morgan fingerprint density at radius 1 is 1.35 bits per heavy atom. The van der Waals surface area contributed by atoms with Gasteiger partial charge in [-0.25, -0.2) is 9.78 Å². The largest absolute Gasteiger partial charge is 0.504 e. The van der Waals surface area contributed by atoms with E-state index in [0.29, 0.717) is 16.1 Å². The maximum Gasteiger partial charge on any atom is 0.362 e. The van der Waals surface area contributed by atoms with Crippen LogP contribution in [-0.4, -0.2) is 10.1 Å². The van der Waals surface area contributed by atoms with Gasteiger partial charge in [-0.3, -0.25) is 0 Å². The standard InChI is InChI=1S/C14H8ClNO4/c15-8-3-4-12-9(6-8)16-10(14(18)20-12)7-11(17)13-2-1-5-19-13/h1-7,17H. The molecular formula is C14H8ClNO4. The Bertz CT molecular complexity index is 849. The third kappa shape index (κ3) is 2.31. The van der Waals surface area contributed by atoms with E-state index in [1.165, 1.54) is 12.3 Å². The van der Waals surface area contributed by atoms with Crippen molar-refractivity contribution in [2.24, 2.45) is 0 Å². The van der Waals surface area contributed by atoms with Gasteiger partial charge in [-0.1, -0.05) is 11.6 Å². The molecule has 20 heavy (non-hydrogen) atoms. The van der Waals surface area contributed by atoms with Crippen molar-refractivity contribution in [2.45, 2.75) is 0 Å². The smallest absolute Gasteiger partial charge is 0.362 e. The number of hydrogen-bond donors (Lipinski definition) is 1. The molecule has 1 N–H and O–H groups in total. The number of fused-ring (bicyclic) bond motifs is 1. The first-order valence-corrected chi connectivity index (χ1v) is 6.06. The van der Waals surface area contributed by atoms with Gasteiger partial charge in [0.05, 0.1) is 6.26 Å². The highest BCUT2D eigenvalue weighted by atomic mass is 35.5. The van der Waals surface area contributed by atoms with E-state index in [-0.39, 0.29) is 17.2 Å². The van der Waals surface area contributed by atoms with E-state index in [1.54, 1.807) is 30.3 Å². The molecular weight excluding hydrogens is 282 g/mol. The summed E-state index contributed by atoms with van der Waals surface area (Å²) in [6, 6.07) is 7.91. The van der Waals surface area contributed by atoms with E-state index in [4.69, 9.17) is 20.4 Å². The molecule has 0 aliphatic rings. The van der Waals surface area contributed by atoms with Gasteiger partial charge in [0.2, 0.25) is 0 Å². The van der Waals surface area contributed by atoms with Crippen molar-refractivity contribution >= 4 is 34.5 Å². The van der Waals surface area contributed by atoms with Crippen LogP contribution < -0.4 is 5.63 Å². The second-order valence-electron chi connectivity index (χ2n) is 4.01. The first-order chi connectivity index (χ1) is 9.63. The maximum atomic E-state index is 11.8. The van der Waals surface area contributed by atoms with Crippen LogP contribution >= 0.6 is 11.6 Å². The van der Waals surface area contributed by atoms with Crippen molar-refractivity contribution in [1.29, 1.82) is 0 Å². The van der Waals surface area contributed by atoms with Crippen LogP contribution in [0.5, 0.6) is 0 Å². The molecule has 0 spiro atoms. The van der Waals surface area contributed by atoms with Gasteiger partial charge < -0.3 is 13.9 Å². The third-order valence-electron chi connectivity index (χ3n) is 2.62. The fourth-order valence-corrected chi connectivity index (χ4v) is 1.87. The van der Waals surface area contributed by atoms with Gasteiger partial charge in [0, 0.05) is 11.1 Å². The molecule has 0 fully saturated rings. The number of aliphatic hydroxyl groups is 1. The van der Waals surface area contributed by atoms with Crippen LogP contribution in [0.2, 0.25) is 5.02 Å². The van der Waals surface area contributed by atoms with Crippen LogP contribution in [0.1, 0.15) is 11.5 Å². The van der Waals surface area contributed by atoms with Crippen LogP contribution in [0.15, 0.2) is 50.2 Å². The Morgan fingerprint density at radius 3 is 2.95 bits per heavy atom. The number of benzene rings is 1. The first kappa shape index (κ1) is 12.5. The number of aromatic nitrogens is 1. The summed E-state index contributed by atoms with van der Waals surface area (Å²) in [7, 11) is 0. The molecule has 1 aromatic carbocycles. The SMILES string of the molecule is O=c1oc2ccc(Cl)cc2nc1C=C(O)c1ccco1. The lowest BCUT2D eigenvalue weighted by Gasteiger charge is -1.99. The maximum absolute atomic E-state index is 11.8. The predicted octanol–water partition coefficient (Wildman–Crippen LogP) is 3.49. The van der Waals surface area contributed by atoms with Gasteiger partial charge in [-0.2, -0.15) is 0 Å². The lowest BCUT2D eigenvalue weighted by Crippen LogP contribution is -2.06. The molecule has 0 unspecified atom stereocenters. The van der Waals surface area contributed by atoms with Crippen molar-refractivity contribution in [3.63, 3.8) is 0 Å². The Balaban J connectivity index is 2.14. The van der Waals surface area contributed by atoms with Crippen LogP contribution in [0.4, 0.5) is 0 Å². The van der Waals surface area contributed by atoms with Crippen molar-refractivity contribution in [1.82, 2.24) is 4.98 Å². The molecule has 3 aromatic rings. The van der Waals surface area contributed by atoms with Crippen molar-refractivity contribution < 1.29 is 13.9 Å². The van der Waals surface area contributed by atoms with Gasteiger partial charge in [-0.05, 0) is 30.3 Å². The minimum Gasteiger partial charge on any atom is -0.504 e. The Labute approximate surface area is 117 Å². The summed E-state index contributed by atoms with van der Waals surface area (Å²) in [6.07, 6.45) is 2.60. The van der Waals surface area contributed by atoms with Gasteiger partial charge >= 0.3 is 5.63 Å². The highest BCUT2D eigenvalue weighted by Gasteiger charge is 2.09. The molecule has 0 radical (unpaired) electrons. The number of halogens is 1. The predicted molar refractivity (Wildman–Crippen MR) is 74.5 cm³/mol. The molecule has 2 heterocycles. The topological polar surface area (TPSA) is 76.5 Å². The summed E-state index contributed by atoms with van der Waals surface area (Å²) < 4.78 is 10.1. The minimum atomic E-state index is -0.655. The quantitative estimate of drug-likeness (QED) is 0.731. The van der Waals surface area contributed by atoms with Gasteiger partial charge in [0.15, 0.2) is 22.8 Å². The van der Waals surface area contributed by atoms with Gasteiger partial charge in [-0.15, -0.1) is 0 Å². The van der Waals surface area contributed by atoms with E-state index in [2.05, 4.69) is 4.98 Å². The molecule has 2 aromatic heterocycles. The van der Waals surface area contributed by atoms with E-state index in [1.807, 2.05) is 0 Å². The highest BCUT2D eigenvalue weighted by molar-refractivity contribution is 6.31. The molecule has 0 saturated carbocycles. The van der Waals surface area contributed by atoms with Gasteiger partial charge in [0.25, 0.3) is 0 Å². The third-order valence-corrected chi connectivity index (χ3v) is 2.86. The van der Waals surface area contributed by atoms with Crippen LogP contribution in [-0.2, 0) is 0 Å². The van der Waals surface area contributed by atoms with E-state index < -0.39 is 5.63 Å². The molecule has 0 bridgehead atoms. The molecule has 6 heteroatoms. The fourth-order valence-electron chi connectivity index (χ4n) is 1.71. The molecule has 100 valence electrons. The lowest BCUT2D eigenvalue weighted by atomic mass is 10.3. The second-order valence-corrected chi connectivity index (χ2v) is 4.44. The summed E-state index contributed by atoms with van der Waals surface area (Å²) in [5, 5.41) is 10.3. The average Bonchev–Trinajstić information content (AvgIpc) is 2.94. The molecule has 0 saturated heterocycles. The number of aliphatic hydroxyl groups excluding tert-OH is 1. The zero-order chi connectivity index (χ0) is 14.1. The molecule has 3 rings (SSSR count). The van der Waals surface area contributed by atoms with Crippen molar-refractivity contribution in [3.8, 4) is 0 Å². The molecule has 0 aliphatic carbocycles. The molecule has 0 amide bonds. The summed E-state index contributed by atoms with van der Waals surface area (Å²) in [5.41, 5.74) is 0.0660. The zero-order valence-electron chi connectivity index (χ0n) is 10.0. The minimum absolute atomic E-state index is 0.0336. The number of hydrogen-bond acceptors (Lipinski definition) is 5. The molecule has 5 nitrogen and oxygen atoms in total. The summed E-state index contributed by atoms with van der Waals surface area (Å²) >= 11 is 5.86. The summed E-state index contributed by atoms with van der Waals surface area (Å²) in [4.78, 5) is 15.9. The number of rotatable bonds is 2. The lowest BCUT2D eigenvalue weighted by molar-refractivity contribution is 0.461.